The van der Waals surface area contributed by atoms with Gasteiger partial charge in [-0.15, -0.1) is 10.2 Å². The molecule has 7 nitrogen and oxygen atoms in total. The van der Waals surface area contributed by atoms with Crippen LogP contribution in [0.4, 0.5) is 0 Å². The van der Waals surface area contributed by atoms with Gasteiger partial charge in [-0.05, 0) is 62.2 Å². The highest BCUT2D eigenvalue weighted by Crippen LogP contribution is 2.28. The number of nitrogens with one attached hydrogen (secondary N) is 1. The van der Waals surface area contributed by atoms with Gasteiger partial charge >= 0.3 is 0 Å². The second kappa shape index (κ2) is 11.0. The molecule has 8 heteroatoms. The molecule has 0 unspecified atom stereocenters. The lowest BCUT2D eigenvalue weighted by Gasteiger charge is -2.11. The number of hydrazone groups is 1. The summed E-state index contributed by atoms with van der Waals surface area (Å²) in [6, 6.07) is 23.0. The van der Waals surface area contributed by atoms with Crippen molar-refractivity contribution in [1.82, 2.24) is 20.2 Å². The first-order valence-electron chi connectivity index (χ1n) is 11.3. The van der Waals surface area contributed by atoms with Crippen molar-refractivity contribution < 1.29 is 9.90 Å². The van der Waals surface area contributed by atoms with E-state index in [2.05, 4.69) is 20.7 Å². The van der Waals surface area contributed by atoms with Gasteiger partial charge in [-0.25, -0.2) is 5.43 Å². The first-order chi connectivity index (χ1) is 16.9. The predicted molar refractivity (Wildman–Crippen MR) is 140 cm³/mol. The van der Waals surface area contributed by atoms with Crippen LogP contribution in [0.15, 0.2) is 83.1 Å². The van der Waals surface area contributed by atoms with Gasteiger partial charge in [0.25, 0.3) is 5.91 Å². The summed E-state index contributed by atoms with van der Waals surface area (Å²) in [5.41, 5.74) is 8.42. The molecule has 1 aromatic heterocycles. The Bertz CT molecular complexity index is 1330. The van der Waals surface area contributed by atoms with Gasteiger partial charge in [-0.2, -0.15) is 5.10 Å². The lowest BCUT2D eigenvalue weighted by atomic mass is 10.1. The molecular weight excluding hydrogens is 458 g/mol. The third-order valence-corrected chi connectivity index (χ3v) is 6.35. The van der Waals surface area contributed by atoms with Crippen molar-refractivity contribution in [2.24, 2.45) is 5.10 Å². The molecule has 35 heavy (non-hydrogen) atoms. The molecule has 0 aliphatic heterocycles. The summed E-state index contributed by atoms with van der Waals surface area (Å²) in [5, 5.41) is 23.2. The van der Waals surface area contributed by atoms with E-state index in [4.69, 9.17) is 0 Å². The van der Waals surface area contributed by atoms with Crippen LogP contribution in [0.1, 0.15) is 30.0 Å². The van der Waals surface area contributed by atoms with Crippen molar-refractivity contribution in [2.45, 2.75) is 32.3 Å². The number of phenols is 1. The molecule has 0 aliphatic rings. The number of nitrogens with zero attached hydrogens (tertiary/aromatic N) is 4. The van der Waals surface area contributed by atoms with E-state index >= 15 is 0 Å². The fourth-order valence-electron chi connectivity index (χ4n) is 3.47. The van der Waals surface area contributed by atoms with Crippen LogP contribution >= 0.6 is 11.8 Å². The minimum absolute atomic E-state index is 0.133. The van der Waals surface area contributed by atoms with Crippen molar-refractivity contribution in [2.75, 3.05) is 5.75 Å². The molecule has 0 spiro atoms. The van der Waals surface area contributed by atoms with Crippen molar-refractivity contribution in [3.63, 3.8) is 0 Å². The zero-order valence-corrected chi connectivity index (χ0v) is 20.7. The number of aromatic nitrogens is 3. The number of thioether (sulfide) groups is 1. The third-order valence-electron chi connectivity index (χ3n) is 5.42. The molecule has 1 amide bonds. The summed E-state index contributed by atoms with van der Waals surface area (Å²) >= 11 is 1.30. The minimum atomic E-state index is -0.241. The second-order valence-corrected chi connectivity index (χ2v) is 9.07. The number of benzene rings is 3. The molecule has 3 aromatic carbocycles. The number of amides is 1. The fourth-order valence-corrected chi connectivity index (χ4v) is 4.22. The Morgan fingerprint density at radius 3 is 2.20 bits per heavy atom. The maximum absolute atomic E-state index is 12.6. The lowest BCUT2D eigenvalue weighted by molar-refractivity contribution is -0.118. The van der Waals surface area contributed by atoms with E-state index in [-0.39, 0.29) is 17.4 Å². The van der Waals surface area contributed by atoms with Crippen molar-refractivity contribution >= 4 is 23.4 Å². The Morgan fingerprint density at radius 1 is 0.943 bits per heavy atom. The lowest BCUT2D eigenvalue weighted by Crippen LogP contribution is -2.22. The molecule has 178 valence electrons. The number of hydrogen-bond acceptors (Lipinski definition) is 6. The Hall–Kier alpha value is -3.91. The van der Waals surface area contributed by atoms with E-state index in [1.54, 1.807) is 24.3 Å². The summed E-state index contributed by atoms with van der Waals surface area (Å²) in [6.07, 6.45) is 0.639. The number of aromatic hydroxyl groups is 1. The first kappa shape index (κ1) is 24.2. The second-order valence-electron chi connectivity index (χ2n) is 8.13. The van der Waals surface area contributed by atoms with Gasteiger partial charge in [0.05, 0.1) is 11.5 Å². The standard InChI is InChI=1S/C27H27N5O2S/c1-4-24(20-11-15-23(33)16-12-20)28-29-25(34)17-35-27-31-30-26(21-9-5-18(2)6-10-21)32(27)22-13-7-19(3)8-14-22/h5-16,33H,4,17H2,1-3H3,(H,29,34)/b28-24-. The molecule has 4 rings (SSSR count). The zero-order chi connectivity index (χ0) is 24.8. The summed E-state index contributed by atoms with van der Waals surface area (Å²) < 4.78 is 1.97. The highest BCUT2D eigenvalue weighted by molar-refractivity contribution is 7.99. The molecule has 0 radical (unpaired) electrons. The normalized spacial score (nSPS) is 11.5. The number of carbonyl (C=O) groups is 1. The Labute approximate surface area is 208 Å². The van der Waals surface area contributed by atoms with Crippen LogP contribution in [0.25, 0.3) is 17.1 Å². The van der Waals surface area contributed by atoms with Gasteiger partial charge in [0.2, 0.25) is 0 Å². The molecular formula is C27H27N5O2S. The van der Waals surface area contributed by atoms with Crippen molar-refractivity contribution in [1.29, 1.82) is 0 Å². The van der Waals surface area contributed by atoms with E-state index in [0.29, 0.717) is 11.6 Å². The molecule has 0 fully saturated rings. The van der Waals surface area contributed by atoms with Gasteiger partial charge in [-0.3, -0.25) is 9.36 Å². The number of phenolic OH excluding ortho intramolecular Hbond substituents is 1. The van der Waals surface area contributed by atoms with Crippen molar-refractivity contribution in [3.05, 3.63) is 89.5 Å². The molecule has 0 bridgehead atoms. The Morgan fingerprint density at radius 2 is 1.57 bits per heavy atom. The zero-order valence-electron chi connectivity index (χ0n) is 19.9. The summed E-state index contributed by atoms with van der Waals surface area (Å²) in [7, 11) is 0. The summed E-state index contributed by atoms with van der Waals surface area (Å²) in [5.74, 6) is 0.798. The number of rotatable bonds is 8. The van der Waals surface area contributed by atoms with Crippen LogP contribution < -0.4 is 5.43 Å². The Kier molecular flexibility index (Phi) is 7.62. The largest absolute Gasteiger partial charge is 0.508 e. The van der Waals surface area contributed by atoms with Gasteiger partial charge in [0.1, 0.15) is 5.75 Å². The minimum Gasteiger partial charge on any atom is -0.508 e. The molecule has 0 saturated heterocycles. The summed E-state index contributed by atoms with van der Waals surface area (Å²) in [4.78, 5) is 12.6. The molecule has 0 aliphatic carbocycles. The smallest absolute Gasteiger partial charge is 0.250 e. The topological polar surface area (TPSA) is 92.4 Å². The maximum atomic E-state index is 12.6. The first-order valence-corrected chi connectivity index (χ1v) is 12.3. The molecule has 0 saturated carbocycles. The van der Waals surface area contributed by atoms with E-state index in [0.717, 1.165) is 33.9 Å². The predicted octanol–water partition coefficient (Wildman–Crippen LogP) is 5.28. The van der Waals surface area contributed by atoms with Crippen LogP contribution in [0.3, 0.4) is 0 Å². The molecule has 1 heterocycles. The van der Waals surface area contributed by atoms with E-state index in [1.807, 2.05) is 73.9 Å². The molecule has 4 aromatic rings. The van der Waals surface area contributed by atoms with Gasteiger partial charge < -0.3 is 5.11 Å². The molecule has 2 N–H and O–H groups in total. The van der Waals surface area contributed by atoms with Crippen LogP contribution in [-0.4, -0.2) is 37.2 Å². The highest BCUT2D eigenvalue weighted by atomic mass is 32.2. The van der Waals surface area contributed by atoms with Gasteiger partial charge in [0, 0.05) is 11.3 Å². The van der Waals surface area contributed by atoms with Crippen LogP contribution in [-0.2, 0) is 4.79 Å². The quantitative estimate of drug-likeness (QED) is 0.201. The molecule has 0 atom stereocenters. The average Bonchev–Trinajstić information content (AvgIpc) is 3.29. The van der Waals surface area contributed by atoms with E-state index < -0.39 is 0 Å². The SMILES string of the molecule is CC/C(=N/NC(=O)CSc1nnc(-c2ccc(C)cc2)n1-c1ccc(C)cc1)c1ccc(O)cc1. The maximum Gasteiger partial charge on any atom is 0.250 e. The highest BCUT2D eigenvalue weighted by Gasteiger charge is 2.17. The third kappa shape index (κ3) is 5.96. The van der Waals surface area contributed by atoms with Crippen molar-refractivity contribution in [3.8, 4) is 22.8 Å². The average molecular weight is 486 g/mol. The monoisotopic (exact) mass is 485 g/mol. The van der Waals surface area contributed by atoms with Gasteiger partial charge in [-0.1, -0.05) is 66.2 Å². The Balaban J connectivity index is 1.53. The van der Waals surface area contributed by atoms with Crippen LogP contribution in [0.5, 0.6) is 5.75 Å². The van der Waals surface area contributed by atoms with Gasteiger partial charge in [0.15, 0.2) is 11.0 Å². The number of carbonyl (C=O) groups excluding carboxylic acids is 1. The van der Waals surface area contributed by atoms with E-state index in [9.17, 15) is 9.90 Å². The van der Waals surface area contributed by atoms with Crippen LogP contribution in [0, 0.1) is 13.8 Å². The van der Waals surface area contributed by atoms with Crippen LogP contribution in [0.2, 0.25) is 0 Å². The van der Waals surface area contributed by atoms with E-state index in [1.165, 1.54) is 17.3 Å². The number of hydrogen-bond donors (Lipinski definition) is 2. The fraction of sp³-hybridized carbons (Fsp3) is 0.185. The summed E-state index contributed by atoms with van der Waals surface area (Å²) in [6.45, 7) is 6.05. The number of aryl methyl sites for hydroxylation is 2.